The normalized spacial score (nSPS) is 10.6. The van der Waals surface area contributed by atoms with E-state index in [-0.39, 0.29) is 6.61 Å². The zero-order chi connectivity index (χ0) is 13.9. The van der Waals surface area contributed by atoms with Crippen LogP contribution in [0, 0.1) is 0 Å². The number of carboxylic acid groups (broad SMARTS) is 1. The molecule has 0 saturated carbocycles. The first kappa shape index (κ1) is 12.2. The number of H-pyrrole nitrogens is 1. The van der Waals surface area contributed by atoms with Crippen molar-refractivity contribution in [3.63, 3.8) is 0 Å². The van der Waals surface area contributed by atoms with Crippen molar-refractivity contribution in [3.05, 3.63) is 42.7 Å². The molecule has 0 unspecified atom stereocenters. The Balaban J connectivity index is 1.93. The number of aliphatic carboxylic acids is 1. The topological polar surface area (TPSA) is 88.1 Å². The number of benzene rings is 1. The first-order valence-corrected chi connectivity index (χ1v) is 5.97. The highest BCUT2D eigenvalue weighted by Gasteiger charge is 2.07. The van der Waals surface area contributed by atoms with Gasteiger partial charge in [0.15, 0.2) is 6.61 Å². The van der Waals surface area contributed by atoms with Gasteiger partial charge in [-0.1, -0.05) is 12.1 Å². The number of ether oxygens (including phenoxy) is 1. The van der Waals surface area contributed by atoms with Gasteiger partial charge < -0.3 is 14.8 Å². The second-order valence-electron chi connectivity index (χ2n) is 4.19. The fourth-order valence-corrected chi connectivity index (χ4v) is 1.87. The zero-order valence-electron chi connectivity index (χ0n) is 10.4. The van der Waals surface area contributed by atoms with E-state index < -0.39 is 5.97 Å². The van der Waals surface area contributed by atoms with E-state index in [9.17, 15) is 4.79 Å². The second-order valence-corrected chi connectivity index (χ2v) is 4.19. The molecule has 0 aliphatic carbocycles. The summed E-state index contributed by atoms with van der Waals surface area (Å²) in [6, 6.07) is 8.93. The summed E-state index contributed by atoms with van der Waals surface area (Å²) >= 11 is 0. The molecule has 0 fully saturated rings. The van der Waals surface area contributed by atoms with Crippen molar-refractivity contribution in [1.29, 1.82) is 0 Å². The van der Waals surface area contributed by atoms with E-state index >= 15 is 0 Å². The van der Waals surface area contributed by atoms with E-state index in [0.29, 0.717) is 11.6 Å². The Hall–Kier alpha value is -2.89. The molecule has 0 spiro atoms. The fraction of sp³-hybridized carbons (Fsp3) is 0.0714. The van der Waals surface area contributed by atoms with Gasteiger partial charge in [0.25, 0.3) is 0 Å². The molecule has 2 N–H and O–H groups in total. The number of nitrogens with one attached hydrogen (secondary N) is 1. The maximum absolute atomic E-state index is 10.5. The molecule has 0 bridgehead atoms. The maximum Gasteiger partial charge on any atom is 0.341 e. The van der Waals surface area contributed by atoms with Gasteiger partial charge in [0, 0.05) is 11.8 Å². The smallest absolute Gasteiger partial charge is 0.341 e. The highest BCUT2D eigenvalue weighted by Crippen LogP contribution is 2.23. The Labute approximate surface area is 114 Å². The highest BCUT2D eigenvalue weighted by molar-refractivity contribution is 5.78. The largest absolute Gasteiger partial charge is 0.482 e. The van der Waals surface area contributed by atoms with Gasteiger partial charge in [-0.3, -0.25) is 4.98 Å². The summed E-state index contributed by atoms with van der Waals surface area (Å²) in [5, 5.41) is 8.61. The Bertz CT molecular complexity index is 734. The van der Waals surface area contributed by atoms with Crippen molar-refractivity contribution < 1.29 is 14.6 Å². The van der Waals surface area contributed by atoms with Crippen LogP contribution in [0.4, 0.5) is 0 Å². The van der Waals surface area contributed by atoms with Gasteiger partial charge in [-0.15, -0.1) is 0 Å². The first-order valence-electron chi connectivity index (χ1n) is 5.97. The van der Waals surface area contributed by atoms with Crippen LogP contribution in [-0.2, 0) is 4.79 Å². The number of hydrogen-bond donors (Lipinski definition) is 2. The van der Waals surface area contributed by atoms with Crippen molar-refractivity contribution in [2.45, 2.75) is 0 Å². The van der Waals surface area contributed by atoms with Crippen molar-refractivity contribution >= 4 is 17.0 Å². The van der Waals surface area contributed by atoms with E-state index in [0.717, 1.165) is 16.6 Å². The lowest BCUT2D eigenvalue weighted by atomic mass is 10.2. The summed E-state index contributed by atoms with van der Waals surface area (Å²) in [5.41, 5.74) is 2.50. The number of carboxylic acids is 1. The van der Waals surface area contributed by atoms with E-state index in [1.54, 1.807) is 30.6 Å². The number of pyridine rings is 1. The standard InChI is InChI=1S/C14H11N3O3/c18-13(19)8-20-10-3-1-2-9(6-10)14-16-11-4-5-15-7-12(11)17-14/h1-7H,8H2,(H,16,17)(H,18,19). The van der Waals surface area contributed by atoms with Crippen LogP contribution in [-0.4, -0.2) is 32.6 Å². The molecule has 2 heterocycles. The number of hydrogen-bond acceptors (Lipinski definition) is 4. The molecule has 6 nitrogen and oxygen atoms in total. The summed E-state index contributed by atoms with van der Waals surface area (Å²) in [6.45, 7) is -0.368. The van der Waals surface area contributed by atoms with E-state index in [1.165, 1.54) is 0 Å². The Kier molecular flexibility index (Phi) is 3.04. The quantitative estimate of drug-likeness (QED) is 0.757. The SMILES string of the molecule is O=C(O)COc1cccc(-c2nc3ccncc3[nH]2)c1. The van der Waals surface area contributed by atoms with Gasteiger partial charge in [-0.05, 0) is 18.2 Å². The summed E-state index contributed by atoms with van der Waals surface area (Å²) in [4.78, 5) is 22.1. The molecule has 20 heavy (non-hydrogen) atoms. The molecular formula is C14H11N3O3. The zero-order valence-corrected chi connectivity index (χ0v) is 10.4. The fourth-order valence-electron chi connectivity index (χ4n) is 1.87. The van der Waals surface area contributed by atoms with Gasteiger partial charge >= 0.3 is 5.97 Å². The van der Waals surface area contributed by atoms with Gasteiger partial charge in [-0.2, -0.15) is 0 Å². The number of fused-ring (bicyclic) bond motifs is 1. The van der Waals surface area contributed by atoms with Crippen LogP contribution >= 0.6 is 0 Å². The molecule has 1 aromatic carbocycles. The van der Waals surface area contributed by atoms with E-state index in [2.05, 4.69) is 15.0 Å². The minimum absolute atomic E-state index is 0.368. The third-order valence-electron chi connectivity index (χ3n) is 2.75. The number of imidazole rings is 1. The van der Waals surface area contributed by atoms with Crippen molar-refractivity contribution in [2.24, 2.45) is 0 Å². The third-order valence-corrected chi connectivity index (χ3v) is 2.75. The van der Waals surface area contributed by atoms with Crippen molar-refractivity contribution in [1.82, 2.24) is 15.0 Å². The monoisotopic (exact) mass is 269 g/mol. The molecule has 3 rings (SSSR count). The summed E-state index contributed by atoms with van der Waals surface area (Å²) in [6.07, 6.45) is 3.38. The predicted molar refractivity (Wildman–Crippen MR) is 72.5 cm³/mol. The predicted octanol–water partition coefficient (Wildman–Crippen LogP) is 2.09. The summed E-state index contributed by atoms with van der Waals surface area (Å²) in [5.74, 6) is 0.169. The Morgan fingerprint density at radius 3 is 3.05 bits per heavy atom. The maximum atomic E-state index is 10.5. The average molecular weight is 269 g/mol. The molecule has 2 aromatic heterocycles. The van der Waals surface area contributed by atoms with Crippen molar-refractivity contribution in [2.75, 3.05) is 6.61 Å². The van der Waals surface area contributed by atoms with Crippen LogP contribution in [0.2, 0.25) is 0 Å². The molecule has 100 valence electrons. The number of aromatic nitrogens is 3. The second kappa shape index (κ2) is 5.00. The van der Waals surface area contributed by atoms with Gasteiger partial charge in [0.1, 0.15) is 11.6 Å². The molecule has 6 heteroatoms. The van der Waals surface area contributed by atoms with Crippen LogP contribution in [0.5, 0.6) is 5.75 Å². The molecule has 0 saturated heterocycles. The van der Waals surface area contributed by atoms with Gasteiger partial charge in [0.2, 0.25) is 0 Å². The number of rotatable bonds is 4. The number of nitrogens with zero attached hydrogens (tertiary/aromatic N) is 2. The number of carbonyl (C=O) groups is 1. The Morgan fingerprint density at radius 1 is 1.35 bits per heavy atom. The average Bonchev–Trinajstić information content (AvgIpc) is 2.89. The van der Waals surface area contributed by atoms with Crippen molar-refractivity contribution in [3.8, 4) is 17.1 Å². The van der Waals surface area contributed by atoms with Gasteiger partial charge in [-0.25, -0.2) is 9.78 Å². The number of aromatic amines is 1. The molecule has 0 radical (unpaired) electrons. The first-order chi connectivity index (χ1) is 9.72. The molecule has 3 aromatic rings. The van der Waals surface area contributed by atoms with Crippen LogP contribution < -0.4 is 4.74 Å². The summed E-state index contributed by atoms with van der Waals surface area (Å²) < 4.78 is 5.15. The lowest BCUT2D eigenvalue weighted by molar-refractivity contribution is -0.139. The lowest BCUT2D eigenvalue weighted by Crippen LogP contribution is -2.09. The van der Waals surface area contributed by atoms with E-state index in [1.807, 2.05) is 12.1 Å². The summed E-state index contributed by atoms with van der Waals surface area (Å²) in [7, 11) is 0. The molecular weight excluding hydrogens is 258 g/mol. The van der Waals surface area contributed by atoms with Crippen LogP contribution in [0.1, 0.15) is 0 Å². The molecule has 0 amide bonds. The third kappa shape index (κ3) is 2.44. The van der Waals surface area contributed by atoms with Crippen LogP contribution in [0.3, 0.4) is 0 Å². The van der Waals surface area contributed by atoms with Gasteiger partial charge in [0.05, 0.1) is 17.2 Å². The van der Waals surface area contributed by atoms with Crippen LogP contribution in [0.15, 0.2) is 42.7 Å². The van der Waals surface area contributed by atoms with E-state index in [4.69, 9.17) is 9.84 Å². The molecule has 0 aliphatic rings. The minimum Gasteiger partial charge on any atom is -0.482 e. The lowest BCUT2D eigenvalue weighted by Gasteiger charge is -2.04. The molecule has 0 aliphatic heterocycles. The molecule has 0 atom stereocenters. The Morgan fingerprint density at radius 2 is 2.25 bits per heavy atom. The van der Waals surface area contributed by atoms with Crippen LogP contribution in [0.25, 0.3) is 22.4 Å². The highest BCUT2D eigenvalue weighted by atomic mass is 16.5. The minimum atomic E-state index is -1.01.